The molecule has 28 heavy (non-hydrogen) atoms. The number of rotatable bonds is 6. The van der Waals surface area contributed by atoms with E-state index in [9.17, 15) is 4.79 Å². The highest BCUT2D eigenvalue weighted by Crippen LogP contribution is 2.21. The molecule has 0 aliphatic carbocycles. The molecule has 0 aliphatic rings. The Morgan fingerprint density at radius 3 is 2.54 bits per heavy atom. The summed E-state index contributed by atoms with van der Waals surface area (Å²) in [6, 6.07) is 25.5. The minimum Gasteiger partial charge on any atom is -0.489 e. The van der Waals surface area contributed by atoms with Crippen LogP contribution in [0.4, 0.5) is 0 Å². The van der Waals surface area contributed by atoms with Gasteiger partial charge in [-0.2, -0.15) is 0 Å². The van der Waals surface area contributed by atoms with Crippen LogP contribution in [0.3, 0.4) is 0 Å². The molecule has 0 spiro atoms. The van der Waals surface area contributed by atoms with Gasteiger partial charge in [0.2, 0.25) is 0 Å². The van der Waals surface area contributed by atoms with Crippen LogP contribution in [0.2, 0.25) is 0 Å². The molecule has 0 saturated carbocycles. The van der Waals surface area contributed by atoms with E-state index in [1.54, 1.807) is 6.07 Å². The van der Waals surface area contributed by atoms with Crippen LogP contribution in [0.15, 0.2) is 89.5 Å². The Morgan fingerprint density at radius 2 is 1.71 bits per heavy atom. The maximum Gasteiger partial charge on any atom is 0.287 e. The molecule has 4 rings (SSSR count). The molecule has 0 bridgehead atoms. The Hall–Kier alpha value is -3.53. The van der Waals surface area contributed by atoms with Crippen LogP contribution in [0.25, 0.3) is 10.8 Å². The number of amides is 1. The van der Waals surface area contributed by atoms with E-state index in [2.05, 4.69) is 29.6 Å². The van der Waals surface area contributed by atoms with Gasteiger partial charge in [0, 0.05) is 5.56 Å². The smallest absolute Gasteiger partial charge is 0.287 e. The number of hydrogen-bond acceptors (Lipinski definition) is 3. The number of nitrogens with one attached hydrogen (secondary N) is 1. The fourth-order valence-electron chi connectivity index (χ4n) is 3.15. The molecular weight excluding hydrogens is 350 g/mol. The number of para-hydroxylation sites is 1. The van der Waals surface area contributed by atoms with Crippen LogP contribution in [0, 0.1) is 0 Å². The number of hydrogen-bond donors (Lipinski definition) is 1. The Bertz CT molecular complexity index is 1090. The maximum atomic E-state index is 12.7. The highest BCUT2D eigenvalue weighted by atomic mass is 16.5. The van der Waals surface area contributed by atoms with E-state index >= 15 is 0 Å². The molecule has 3 aromatic carbocycles. The van der Waals surface area contributed by atoms with Gasteiger partial charge >= 0.3 is 0 Å². The number of ether oxygens (including phenoxy) is 1. The second-order valence-corrected chi connectivity index (χ2v) is 6.68. The molecule has 0 aliphatic heterocycles. The molecule has 140 valence electrons. The molecule has 1 heterocycles. The van der Waals surface area contributed by atoms with E-state index in [-0.39, 0.29) is 24.3 Å². The maximum absolute atomic E-state index is 12.7. The van der Waals surface area contributed by atoms with Crippen molar-refractivity contribution in [3.8, 4) is 5.75 Å². The van der Waals surface area contributed by atoms with Crippen molar-refractivity contribution in [1.82, 2.24) is 5.32 Å². The van der Waals surface area contributed by atoms with Gasteiger partial charge in [0.15, 0.2) is 5.76 Å². The molecular formula is C24H21NO3. The van der Waals surface area contributed by atoms with E-state index in [0.717, 1.165) is 16.7 Å². The Morgan fingerprint density at radius 1 is 0.964 bits per heavy atom. The molecule has 1 amide bonds. The monoisotopic (exact) mass is 371 g/mol. The van der Waals surface area contributed by atoms with Crippen LogP contribution < -0.4 is 10.1 Å². The number of fused-ring (bicyclic) bond motifs is 1. The predicted octanol–water partition coefficient (Wildman–Crippen LogP) is 5.50. The summed E-state index contributed by atoms with van der Waals surface area (Å²) in [6.07, 6.45) is 1.51. The second-order valence-electron chi connectivity index (χ2n) is 6.68. The first kappa shape index (κ1) is 17.9. The van der Waals surface area contributed by atoms with Gasteiger partial charge < -0.3 is 14.5 Å². The first-order valence-electron chi connectivity index (χ1n) is 9.24. The Labute approximate surface area is 163 Å². The second kappa shape index (κ2) is 8.01. The van der Waals surface area contributed by atoms with E-state index in [1.165, 1.54) is 11.6 Å². The summed E-state index contributed by atoms with van der Waals surface area (Å²) >= 11 is 0. The lowest BCUT2D eigenvalue weighted by Crippen LogP contribution is -2.27. The van der Waals surface area contributed by atoms with E-state index in [0.29, 0.717) is 5.56 Å². The van der Waals surface area contributed by atoms with Crippen molar-refractivity contribution in [2.45, 2.75) is 19.6 Å². The zero-order valence-electron chi connectivity index (χ0n) is 15.6. The molecule has 4 nitrogen and oxygen atoms in total. The lowest BCUT2D eigenvalue weighted by atomic mass is 10.0. The molecule has 0 saturated heterocycles. The van der Waals surface area contributed by atoms with Gasteiger partial charge in [-0.25, -0.2) is 0 Å². The van der Waals surface area contributed by atoms with Crippen LogP contribution >= 0.6 is 0 Å². The molecule has 1 unspecified atom stereocenters. The fourth-order valence-corrected chi connectivity index (χ4v) is 3.15. The fraction of sp³-hybridized carbons (Fsp3) is 0.125. The SMILES string of the molecule is CC(NC(=O)c1occc1COc1ccccc1)c1ccc2ccccc2c1. The summed E-state index contributed by atoms with van der Waals surface area (Å²) in [5.74, 6) is 0.778. The van der Waals surface area contributed by atoms with Gasteiger partial charge in [-0.3, -0.25) is 4.79 Å². The number of furan rings is 1. The predicted molar refractivity (Wildman–Crippen MR) is 109 cm³/mol. The minimum absolute atomic E-state index is 0.148. The van der Waals surface area contributed by atoms with Gasteiger partial charge in [-0.15, -0.1) is 0 Å². The van der Waals surface area contributed by atoms with Crippen molar-refractivity contribution < 1.29 is 13.9 Å². The lowest BCUT2D eigenvalue weighted by molar-refractivity contribution is 0.0908. The zero-order chi connectivity index (χ0) is 19.3. The summed E-state index contributed by atoms with van der Waals surface area (Å²) in [5, 5.41) is 5.34. The summed E-state index contributed by atoms with van der Waals surface area (Å²) < 4.78 is 11.2. The number of benzene rings is 3. The van der Waals surface area contributed by atoms with Crippen LogP contribution in [-0.2, 0) is 6.61 Å². The summed E-state index contributed by atoms with van der Waals surface area (Å²) in [7, 11) is 0. The van der Waals surface area contributed by atoms with Gasteiger partial charge in [0.1, 0.15) is 12.4 Å². The molecule has 4 aromatic rings. The quantitative estimate of drug-likeness (QED) is 0.487. The standard InChI is InChI=1S/C24H21NO3/c1-17(19-12-11-18-7-5-6-8-20(18)15-19)25-24(26)23-21(13-14-27-23)16-28-22-9-3-2-4-10-22/h2-15,17H,16H2,1H3,(H,25,26). The van der Waals surface area contributed by atoms with Crippen molar-refractivity contribution in [3.63, 3.8) is 0 Å². The average molecular weight is 371 g/mol. The molecule has 4 heteroatoms. The number of carbonyl (C=O) groups is 1. The lowest BCUT2D eigenvalue weighted by Gasteiger charge is -2.15. The van der Waals surface area contributed by atoms with Crippen molar-refractivity contribution in [3.05, 3.63) is 102 Å². The third-order valence-electron chi connectivity index (χ3n) is 4.71. The van der Waals surface area contributed by atoms with Crippen LogP contribution in [-0.4, -0.2) is 5.91 Å². The summed E-state index contributed by atoms with van der Waals surface area (Å²) in [6.45, 7) is 2.23. The highest BCUT2D eigenvalue weighted by molar-refractivity contribution is 5.93. The van der Waals surface area contributed by atoms with E-state index < -0.39 is 0 Å². The van der Waals surface area contributed by atoms with Crippen molar-refractivity contribution in [2.24, 2.45) is 0 Å². The van der Waals surface area contributed by atoms with Crippen molar-refractivity contribution in [2.75, 3.05) is 0 Å². The molecule has 1 aromatic heterocycles. The normalized spacial score (nSPS) is 11.9. The van der Waals surface area contributed by atoms with Gasteiger partial charge in [0.05, 0.1) is 12.3 Å². The van der Waals surface area contributed by atoms with Crippen LogP contribution in [0.5, 0.6) is 5.75 Å². The van der Waals surface area contributed by atoms with Crippen molar-refractivity contribution in [1.29, 1.82) is 0 Å². The Kier molecular flexibility index (Phi) is 5.11. The molecule has 1 atom stereocenters. The molecule has 0 fully saturated rings. The first-order chi connectivity index (χ1) is 13.7. The highest BCUT2D eigenvalue weighted by Gasteiger charge is 2.18. The third-order valence-corrected chi connectivity index (χ3v) is 4.71. The first-order valence-corrected chi connectivity index (χ1v) is 9.24. The Balaban J connectivity index is 1.45. The largest absolute Gasteiger partial charge is 0.489 e. The van der Waals surface area contributed by atoms with Gasteiger partial charge in [0.25, 0.3) is 5.91 Å². The summed E-state index contributed by atoms with van der Waals surface area (Å²) in [4.78, 5) is 12.7. The summed E-state index contributed by atoms with van der Waals surface area (Å²) in [5.41, 5.74) is 1.76. The zero-order valence-corrected chi connectivity index (χ0v) is 15.6. The van der Waals surface area contributed by atoms with E-state index in [1.807, 2.05) is 55.5 Å². The molecule has 1 N–H and O–H groups in total. The van der Waals surface area contributed by atoms with E-state index in [4.69, 9.17) is 9.15 Å². The molecule has 0 radical (unpaired) electrons. The van der Waals surface area contributed by atoms with Crippen molar-refractivity contribution >= 4 is 16.7 Å². The van der Waals surface area contributed by atoms with Gasteiger partial charge in [-0.05, 0) is 47.5 Å². The topological polar surface area (TPSA) is 51.5 Å². The average Bonchev–Trinajstić information content (AvgIpc) is 3.21. The third kappa shape index (κ3) is 3.91. The van der Waals surface area contributed by atoms with Gasteiger partial charge in [-0.1, -0.05) is 54.6 Å². The number of carbonyl (C=O) groups excluding carboxylic acids is 1. The van der Waals surface area contributed by atoms with Crippen LogP contribution in [0.1, 0.15) is 34.6 Å². The minimum atomic E-state index is -0.252.